The fraction of sp³-hybridized carbons (Fsp3) is 0.0370. The summed E-state index contributed by atoms with van der Waals surface area (Å²) < 4.78 is 29.4. The van der Waals surface area contributed by atoms with Gasteiger partial charge in [0.2, 0.25) is 0 Å². The molecule has 3 aromatic rings. The molecule has 0 amide bonds. The van der Waals surface area contributed by atoms with Gasteiger partial charge in [0, 0.05) is 11.6 Å². The van der Waals surface area contributed by atoms with Crippen LogP contribution in [0.2, 0.25) is 0 Å². The van der Waals surface area contributed by atoms with E-state index in [9.17, 15) is 14.0 Å². The van der Waals surface area contributed by atoms with Gasteiger partial charge in [-0.15, -0.1) is 0 Å². The largest absolute Gasteiger partial charge is 0.459 e. The third-order valence-corrected chi connectivity index (χ3v) is 4.50. The van der Waals surface area contributed by atoms with Gasteiger partial charge in [0.05, 0.1) is 0 Å². The number of rotatable bonds is 8. The standard InChI is InChI=1S/C27H21FO5/c1-4-26(29)33-23-12-9-20(10-13-23)19-5-7-21(8-6-19)22-11-14-25(24(28)17-22)31-15-16-32-27(30)18(2)3/h4-17H,1-2H2,3H3. The van der Waals surface area contributed by atoms with E-state index in [-0.39, 0.29) is 11.3 Å². The number of hydrogen-bond donors (Lipinski definition) is 0. The smallest absolute Gasteiger partial charge is 0.338 e. The highest BCUT2D eigenvalue weighted by molar-refractivity contribution is 5.87. The first-order valence-corrected chi connectivity index (χ1v) is 9.90. The molecule has 0 fully saturated rings. The summed E-state index contributed by atoms with van der Waals surface area (Å²) in [7, 11) is 0. The zero-order valence-electron chi connectivity index (χ0n) is 17.9. The van der Waals surface area contributed by atoms with E-state index in [2.05, 4.69) is 13.2 Å². The van der Waals surface area contributed by atoms with Crippen LogP contribution in [0.1, 0.15) is 6.92 Å². The van der Waals surface area contributed by atoms with Crippen LogP contribution in [0.25, 0.3) is 22.3 Å². The Bertz CT molecular complexity index is 1210. The lowest BCUT2D eigenvalue weighted by molar-refractivity contribution is -0.133. The Hall–Kier alpha value is -4.45. The molecule has 0 aliphatic heterocycles. The Kier molecular flexibility index (Phi) is 7.55. The van der Waals surface area contributed by atoms with Crippen molar-refractivity contribution in [2.24, 2.45) is 0 Å². The highest BCUT2D eigenvalue weighted by Gasteiger charge is 2.07. The highest BCUT2D eigenvalue weighted by atomic mass is 19.1. The van der Waals surface area contributed by atoms with Gasteiger partial charge in [0.25, 0.3) is 0 Å². The minimum Gasteiger partial charge on any atom is -0.459 e. The maximum atomic E-state index is 14.4. The van der Waals surface area contributed by atoms with Crippen LogP contribution in [0.5, 0.6) is 11.5 Å². The normalized spacial score (nSPS) is 10.5. The summed E-state index contributed by atoms with van der Waals surface area (Å²) in [4.78, 5) is 22.5. The van der Waals surface area contributed by atoms with Crippen LogP contribution in [0.15, 0.2) is 104 Å². The first-order valence-electron chi connectivity index (χ1n) is 9.90. The van der Waals surface area contributed by atoms with Crippen molar-refractivity contribution < 1.29 is 28.2 Å². The first-order chi connectivity index (χ1) is 15.9. The van der Waals surface area contributed by atoms with Gasteiger partial charge in [-0.25, -0.2) is 14.0 Å². The molecular weight excluding hydrogens is 423 g/mol. The molecule has 0 aliphatic carbocycles. The minimum absolute atomic E-state index is 0.00441. The average molecular weight is 444 g/mol. The molecule has 0 aliphatic rings. The third-order valence-electron chi connectivity index (χ3n) is 4.50. The molecule has 33 heavy (non-hydrogen) atoms. The Morgan fingerprint density at radius 1 is 0.848 bits per heavy atom. The number of carbonyl (C=O) groups is 2. The zero-order valence-corrected chi connectivity index (χ0v) is 17.9. The van der Waals surface area contributed by atoms with Gasteiger partial charge in [-0.05, 0) is 53.4 Å². The Morgan fingerprint density at radius 3 is 1.94 bits per heavy atom. The van der Waals surface area contributed by atoms with Crippen molar-refractivity contribution in [1.82, 2.24) is 0 Å². The second-order valence-electron chi connectivity index (χ2n) is 6.95. The van der Waals surface area contributed by atoms with E-state index < -0.39 is 17.8 Å². The number of hydrogen-bond acceptors (Lipinski definition) is 5. The Morgan fingerprint density at radius 2 is 1.39 bits per heavy atom. The van der Waals surface area contributed by atoms with E-state index in [1.165, 1.54) is 19.1 Å². The summed E-state index contributed by atoms with van der Waals surface area (Å²) in [6.07, 6.45) is 3.21. The maximum Gasteiger partial charge on any atom is 0.338 e. The van der Waals surface area contributed by atoms with Crippen molar-refractivity contribution in [2.75, 3.05) is 0 Å². The average Bonchev–Trinajstić information content (AvgIpc) is 2.83. The summed E-state index contributed by atoms with van der Waals surface area (Å²) >= 11 is 0. The number of benzene rings is 3. The van der Waals surface area contributed by atoms with Gasteiger partial charge in [0.1, 0.15) is 18.3 Å². The lowest BCUT2D eigenvalue weighted by atomic mass is 10.00. The van der Waals surface area contributed by atoms with Crippen molar-refractivity contribution in [1.29, 1.82) is 0 Å². The van der Waals surface area contributed by atoms with Gasteiger partial charge in [0.15, 0.2) is 11.6 Å². The molecule has 3 aromatic carbocycles. The summed E-state index contributed by atoms with van der Waals surface area (Å²) in [5.74, 6) is -1.24. The van der Waals surface area contributed by atoms with Crippen LogP contribution in [0.4, 0.5) is 4.39 Å². The lowest BCUT2D eigenvalue weighted by Crippen LogP contribution is -2.02. The molecular formula is C27H21FO5. The molecule has 5 nitrogen and oxygen atoms in total. The van der Waals surface area contributed by atoms with Gasteiger partial charge in [-0.2, -0.15) is 0 Å². The van der Waals surface area contributed by atoms with Crippen molar-refractivity contribution in [2.45, 2.75) is 6.92 Å². The predicted octanol–water partition coefficient (Wildman–Crippen LogP) is 6.22. The topological polar surface area (TPSA) is 61.8 Å². The fourth-order valence-corrected chi connectivity index (χ4v) is 2.80. The Balaban J connectivity index is 1.67. The van der Waals surface area contributed by atoms with Crippen molar-refractivity contribution in [3.8, 4) is 33.8 Å². The second-order valence-corrected chi connectivity index (χ2v) is 6.95. The molecule has 3 rings (SSSR count). The summed E-state index contributed by atoms with van der Waals surface area (Å²) in [6.45, 7) is 8.34. The van der Waals surface area contributed by atoms with Crippen LogP contribution < -0.4 is 9.47 Å². The third kappa shape index (κ3) is 6.27. The molecule has 0 unspecified atom stereocenters. The molecule has 166 valence electrons. The minimum atomic E-state index is -0.596. The van der Waals surface area contributed by atoms with Crippen molar-refractivity contribution >= 4 is 11.9 Å². The van der Waals surface area contributed by atoms with Gasteiger partial charge < -0.3 is 14.2 Å². The van der Waals surface area contributed by atoms with E-state index in [4.69, 9.17) is 14.2 Å². The zero-order chi connectivity index (χ0) is 23.8. The van der Waals surface area contributed by atoms with E-state index in [0.29, 0.717) is 11.3 Å². The van der Waals surface area contributed by atoms with Crippen LogP contribution in [-0.4, -0.2) is 11.9 Å². The van der Waals surface area contributed by atoms with Crippen LogP contribution in [0.3, 0.4) is 0 Å². The van der Waals surface area contributed by atoms with Crippen LogP contribution >= 0.6 is 0 Å². The van der Waals surface area contributed by atoms with Gasteiger partial charge in [-0.1, -0.05) is 55.6 Å². The molecule has 6 heteroatoms. The van der Waals surface area contributed by atoms with E-state index in [0.717, 1.165) is 35.3 Å². The molecule has 0 atom stereocenters. The number of carbonyl (C=O) groups excluding carboxylic acids is 2. The van der Waals surface area contributed by atoms with E-state index in [1.807, 2.05) is 36.4 Å². The molecule has 0 bridgehead atoms. The summed E-state index contributed by atoms with van der Waals surface area (Å²) in [6, 6.07) is 19.3. The first kappa shape index (κ1) is 23.2. The van der Waals surface area contributed by atoms with Gasteiger partial charge >= 0.3 is 11.9 Å². The van der Waals surface area contributed by atoms with Gasteiger partial charge in [-0.3, -0.25) is 0 Å². The van der Waals surface area contributed by atoms with E-state index >= 15 is 0 Å². The molecule has 0 N–H and O–H groups in total. The SMILES string of the molecule is C=CC(=O)Oc1ccc(-c2ccc(-c3ccc(OC=COC(=O)C(=C)C)c(F)c3)cc2)cc1. The van der Waals surface area contributed by atoms with Crippen LogP contribution in [-0.2, 0) is 14.3 Å². The van der Waals surface area contributed by atoms with Crippen LogP contribution in [0, 0.1) is 5.82 Å². The summed E-state index contributed by atoms with van der Waals surface area (Å²) in [5.41, 5.74) is 3.64. The molecule has 0 spiro atoms. The number of ether oxygens (including phenoxy) is 3. The summed E-state index contributed by atoms with van der Waals surface area (Å²) in [5, 5.41) is 0. The van der Waals surface area contributed by atoms with Crippen molar-refractivity contribution in [3.63, 3.8) is 0 Å². The quantitative estimate of drug-likeness (QED) is 0.179. The second kappa shape index (κ2) is 10.7. The molecule has 0 heterocycles. The van der Waals surface area contributed by atoms with E-state index in [1.54, 1.807) is 18.2 Å². The number of halogens is 1. The molecule has 0 saturated carbocycles. The maximum absolute atomic E-state index is 14.4. The predicted molar refractivity (Wildman–Crippen MR) is 124 cm³/mol. The van der Waals surface area contributed by atoms with Crippen molar-refractivity contribution in [3.05, 3.63) is 110 Å². The lowest BCUT2D eigenvalue weighted by Gasteiger charge is -2.08. The molecule has 0 radical (unpaired) electrons. The molecule has 0 aromatic heterocycles. The Labute approximate surface area is 191 Å². The molecule has 0 saturated heterocycles. The number of esters is 2. The monoisotopic (exact) mass is 444 g/mol. The fourth-order valence-electron chi connectivity index (χ4n) is 2.80. The highest BCUT2D eigenvalue weighted by Crippen LogP contribution is 2.29.